The molecule has 5 nitrogen and oxygen atoms in total. The van der Waals surface area contributed by atoms with Gasteiger partial charge in [0.25, 0.3) is 5.91 Å². The van der Waals surface area contributed by atoms with Crippen LogP contribution in [0, 0.1) is 0 Å². The van der Waals surface area contributed by atoms with Crippen LogP contribution in [0.4, 0.5) is 0 Å². The molecular weight excluding hydrogens is 304 g/mol. The van der Waals surface area contributed by atoms with E-state index in [-0.39, 0.29) is 12.5 Å². The fourth-order valence-electron chi connectivity index (χ4n) is 2.37. The molecule has 0 saturated heterocycles. The van der Waals surface area contributed by atoms with Gasteiger partial charge < -0.3 is 15.7 Å². The molecule has 2 aromatic carbocycles. The summed E-state index contributed by atoms with van der Waals surface area (Å²) in [5.74, 6) is -0.781. The lowest BCUT2D eigenvalue weighted by atomic mass is 10.0. The van der Waals surface area contributed by atoms with Crippen LogP contribution in [0.2, 0.25) is 0 Å². The molecule has 0 saturated carbocycles. The highest BCUT2D eigenvalue weighted by atomic mass is 16.3. The second-order valence-electron chi connectivity index (χ2n) is 5.74. The van der Waals surface area contributed by atoms with Crippen LogP contribution >= 0.6 is 0 Å². The summed E-state index contributed by atoms with van der Waals surface area (Å²) in [5.41, 5.74) is 8.85. The molecule has 2 aromatic rings. The normalized spacial score (nSPS) is 11.8. The third-order valence-electron chi connectivity index (χ3n) is 4.13. The number of hydrogen-bond acceptors (Lipinski definition) is 3. The van der Waals surface area contributed by atoms with Crippen molar-refractivity contribution in [3.63, 3.8) is 0 Å². The van der Waals surface area contributed by atoms with Crippen LogP contribution in [0.5, 0.6) is 0 Å². The van der Waals surface area contributed by atoms with Crippen molar-refractivity contribution in [2.45, 2.75) is 19.4 Å². The fourth-order valence-corrected chi connectivity index (χ4v) is 2.37. The van der Waals surface area contributed by atoms with Gasteiger partial charge in [0, 0.05) is 19.2 Å². The van der Waals surface area contributed by atoms with E-state index in [9.17, 15) is 9.59 Å². The third kappa shape index (κ3) is 4.00. The number of nitrogens with zero attached hydrogens (tertiary/aromatic N) is 1. The Kier molecular flexibility index (Phi) is 5.71. The van der Waals surface area contributed by atoms with Crippen molar-refractivity contribution in [2.24, 2.45) is 5.73 Å². The summed E-state index contributed by atoms with van der Waals surface area (Å²) >= 11 is 0. The summed E-state index contributed by atoms with van der Waals surface area (Å²) < 4.78 is 0. The molecule has 0 radical (unpaired) electrons. The Morgan fingerprint density at radius 3 is 2.00 bits per heavy atom. The SMILES string of the molecule is CC(C(N)=O)N(C)C(=O)c1ccc(-c2ccc(CCO)cc2)cc1. The fraction of sp³-hybridized carbons (Fsp3) is 0.263. The molecule has 2 amide bonds. The minimum Gasteiger partial charge on any atom is -0.396 e. The number of carbonyl (C=O) groups is 2. The minimum absolute atomic E-state index is 0.132. The number of amides is 2. The average molecular weight is 326 g/mol. The number of aliphatic hydroxyl groups is 1. The van der Waals surface area contributed by atoms with Crippen molar-refractivity contribution in [1.82, 2.24) is 4.90 Å². The molecule has 1 unspecified atom stereocenters. The zero-order valence-electron chi connectivity index (χ0n) is 13.9. The van der Waals surface area contributed by atoms with E-state index in [2.05, 4.69) is 0 Å². The van der Waals surface area contributed by atoms with Gasteiger partial charge in [0.1, 0.15) is 6.04 Å². The van der Waals surface area contributed by atoms with Crippen molar-refractivity contribution in [1.29, 1.82) is 0 Å². The van der Waals surface area contributed by atoms with Gasteiger partial charge in [-0.1, -0.05) is 36.4 Å². The molecule has 0 spiro atoms. The van der Waals surface area contributed by atoms with E-state index in [1.165, 1.54) is 4.90 Å². The summed E-state index contributed by atoms with van der Waals surface area (Å²) in [4.78, 5) is 24.9. The van der Waals surface area contributed by atoms with Crippen molar-refractivity contribution < 1.29 is 14.7 Å². The van der Waals surface area contributed by atoms with Crippen LogP contribution in [0.1, 0.15) is 22.8 Å². The Labute approximate surface area is 141 Å². The van der Waals surface area contributed by atoms with Crippen LogP contribution in [0.25, 0.3) is 11.1 Å². The molecule has 1 atom stereocenters. The van der Waals surface area contributed by atoms with Gasteiger partial charge in [-0.05, 0) is 42.2 Å². The van der Waals surface area contributed by atoms with E-state index in [4.69, 9.17) is 10.8 Å². The number of likely N-dealkylation sites (N-methyl/N-ethyl adjacent to an activating group) is 1. The molecular formula is C19H22N2O3. The van der Waals surface area contributed by atoms with Gasteiger partial charge >= 0.3 is 0 Å². The Balaban J connectivity index is 2.15. The summed E-state index contributed by atoms with van der Waals surface area (Å²) in [6, 6.07) is 14.5. The molecule has 5 heteroatoms. The number of aliphatic hydroxyl groups excluding tert-OH is 1. The minimum atomic E-state index is -0.656. The van der Waals surface area contributed by atoms with Gasteiger partial charge in [-0.3, -0.25) is 9.59 Å². The molecule has 0 bridgehead atoms. The first kappa shape index (κ1) is 17.7. The molecule has 0 aliphatic rings. The van der Waals surface area contributed by atoms with Crippen LogP contribution in [-0.2, 0) is 11.2 Å². The second-order valence-corrected chi connectivity index (χ2v) is 5.74. The molecule has 0 heterocycles. The predicted octanol–water partition coefficient (Wildman–Crippen LogP) is 1.83. The Morgan fingerprint density at radius 1 is 1.04 bits per heavy atom. The zero-order valence-corrected chi connectivity index (χ0v) is 13.9. The third-order valence-corrected chi connectivity index (χ3v) is 4.13. The highest BCUT2D eigenvalue weighted by Gasteiger charge is 2.21. The zero-order chi connectivity index (χ0) is 17.7. The maximum absolute atomic E-state index is 12.3. The number of benzene rings is 2. The maximum atomic E-state index is 12.3. The monoisotopic (exact) mass is 326 g/mol. The predicted molar refractivity (Wildman–Crippen MR) is 93.4 cm³/mol. The Bertz CT molecular complexity index is 708. The molecule has 2 rings (SSSR count). The van der Waals surface area contributed by atoms with E-state index in [0.717, 1.165) is 16.7 Å². The summed E-state index contributed by atoms with van der Waals surface area (Å²) in [7, 11) is 1.56. The Hall–Kier alpha value is -2.66. The number of nitrogens with two attached hydrogens (primary N) is 1. The van der Waals surface area contributed by atoms with Gasteiger partial charge in [-0.2, -0.15) is 0 Å². The Morgan fingerprint density at radius 2 is 1.54 bits per heavy atom. The smallest absolute Gasteiger partial charge is 0.254 e. The highest BCUT2D eigenvalue weighted by molar-refractivity contribution is 5.97. The standard InChI is InChI=1S/C19H22N2O3/c1-13(18(20)23)21(2)19(24)17-9-7-16(8-10-17)15-5-3-14(4-6-15)11-12-22/h3-10,13,22H,11-12H2,1-2H3,(H2,20,23). The number of carbonyl (C=O) groups excluding carboxylic acids is 2. The summed E-state index contributed by atoms with van der Waals surface area (Å²) in [5, 5.41) is 8.94. The number of primary amides is 1. The van der Waals surface area contributed by atoms with E-state index < -0.39 is 11.9 Å². The first-order chi connectivity index (χ1) is 11.4. The van der Waals surface area contributed by atoms with Crippen LogP contribution in [0.15, 0.2) is 48.5 Å². The average Bonchev–Trinajstić information content (AvgIpc) is 2.61. The van der Waals surface area contributed by atoms with Crippen molar-refractivity contribution in [3.8, 4) is 11.1 Å². The molecule has 3 N–H and O–H groups in total. The van der Waals surface area contributed by atoms with Crippen LogP contribution < -0.4 is 5.73 Å². The van der Waals surface area contributed by atoms with E-state index >= 15 is 0 Å². The molecule has 126 valence electrons. The van der Waals surface area contributed by atoms with Crippen LogP contribution in [-0.4, -0.2) is 41.5 Å². The lowest BCUT2D eigenvalue weighted by Gasteiger charge is -2.22. The highest BCUT2D eigenvalue weighted by Crippen LogP contribution is 2.21. The van der Waals surface area contributed by atoms with Gasteiger partial charge in [0.2, 0.25) is 5.91 Å². The van der Waals surface area contributed by atoms with Gasteiger partial charge in [0.15, 0.2) is 0 Å². The molecule has 24 heavy (non-hydrogen) atoms. The first-order valence-corrected chi connectivity index (χ1v) is 7.80. The number of hydrogen-bond donors (Lipinski definition) is 2. The maximum Gasteiger partial charge on any atom is 0.254 e. The van der Waals surface area contributed by atoms with Crippen molar-refractivity contribution in [2.75, 3.05) is 13.7 Å². The molecule has 0 aliphatic heterocycles. The molecule has 0 aromatic heterocycles. The lowest BCUT2D eigenvalue weighted by Crippen LogP contribution is -2.43. The van der Waals surface area contributed by atoms with Crippen molar-refractivity contribution in [3.05, 3.63) is 59.7 Å². The topological polar surface area (TPSA) is 83.6 Å². The van der Waals surface area contributed by atoms with Gasteiger partial charge in [0.05, 0.1) is 0 Å². The van der Waals surface area contributed by atoms with E-state index in [1.54, 1.807) is 26.1 Å². The summed E-state index contributed by atoms with van der Waals surface area (Å²) in [6.07, 6.45) is 0.637. The molecule has 0 fully saturated rings. The summed E-state index contributed by atoms with van der Waals surface area (Å²) in [6.45, 7) is 1.73. The second kappa shape index (κ2) is 7.75. The lowest BCUT2D eigenvalue weighted by molar-refractivity contribution is -0.121. The first-order valence-electron chi connectivity index (χ1n) is 7.80. The largest absolute Gasteiger partial charge is 0.396 e. The van der Waals surface area contributed by atoms with Crippen LogP contribution in [0.3, 0.4) is 0 Å². The van der Waals surface area contributed by atoms with Crippen molar-refractivity contribution >= 4 is 11.8 Å². The van der Waals surface area contributed by atoms with Gasteiger partial charge in [-0.15, -0.1) is 0 Å². The van der Waals surface area contributed by atoms with Gasteiger partial charge in [-0.25, -0.2) is 0 Å². The number of rotatable bonds is 6. The molecule has 0 aliphatic carbocycles. The van der Waals surface area contributed by atoms with E-state index in [0.29, 0.717) is 12.0 Å². The van der Waals surface area contributed by atoms with E-state index in [1.807, 2.05) is 36.4 Å². The quantitative estimate of drug-likeness (QED) is 0.849.